The molecule has 0 bridgehead atoms. The van der Waals surface area contributed by atoms with Gasteiger partial charge in [0.1, 0.15) is 5.75 Å². The Kier molecular flexibility index (Phi) is 4.86. The summed E-state index contributed by atoms with van der Waals surface area (Å²) >= 11 is 0. The van der Waals surface area contributed by atoms with E-state index in [2.05, 4.69) is 17.4 Å². The van der Waals surface area contributed by atoms with Crippen LogP contribution < -0.4 is 10.1 Å². The predicted octanol–water partition coefficient (Wildman–Crippen LogP) is 3.81. The first-order valence-corrected chi connectivity index (χ1v) is 7.42. The van der Waals surface area contributed by atoms with E-state index in [1.165, 1.54) is 5.56 Å². The van der Waals surface area contributed by atoms with Crippen molar-refractivity contribution < 1.29 is 9.53 Å². The van der Waals surface area contributed by atoms with Gasteiger partial charge in [0, 0.05) is 11.1 Å². The van der Waals surface area contributed by atoms with Gasteiger partial charge in [-0.25, -0.2) is 0 Å². The number of ether oxygens (including phenoxy) is 1. The molecule has 0 saturated heterocycles. The lowest BCUT2D eigenvalue weighted by molar-refractivity contribution is 0.0918. The van der Waals surface area contributed by atoms with Crippen LogP contribution in [0, 0.1) is 0 Å². The largest absolute Gasteiger partial charge is 0.497 e. The summed E-state index contributed by atoms with van der Waals surface area (Å²) in [5, 5.41) is 3.02. The molecule has 0 aliphatic rings. The third-order valence-electron chi connectivity index (χ3n) is 3.29. The smallest absolute Gasteiger partial charge is 0.252 e. The number of methoxy groups -OCH3 is 1. The molecule has 2 rings (SSSR count). The minimum absolute atomic E-state index is 0.0719. The lowest BCUT2D eigenvalue weighted by Crippen LogP contribution is -2.41. The Labute approximate surface area is 132 Å². The van der Waals surface area contributed by atoms with E-state index < -0.39 is 0 Å². The summed E-state index contributed by atoms with van der Waals surface area (Å²) in [4.78, 5) is 12.6. The van der Waals surface area contributed by atoms with Gasteiger partial charge in [0.15, 0.2) is 0 Å². The second kappa shape index (κ2) is 6.65. The van der Waals surface area contributed by atoms with Crippen LogP contribution in [0.1, 0.15) is 42.3 Å². The van der Waals surface area contributed by atoms with Gasteiger partial charge in [-0.3, -0.25) is 4.79 Å². The number of nitrogens with one attached hydrogen (secondary N) is 1. The maximum Gasteiger partial charge on any atom is 0.252 e. The van der Waals surface area contributed by atoms with Crippen molar-refractivity contribution in [2.45, 2.75) is 32.7 Å². The van der Waals surface area contributed by atoms with Crippen molar-refractivity contribution in [1.29, 1.82) is 0 Å². The van der Waals surface area contributed by atoms with Crippen LogP contribution >= 0.6 is 0 Å². The SMILES string of the molecule is COc1ccc(Cc2ccccc2)c(C(=O)NC(C)(C)C)c1. The number of rotatable bonds is 4. The second-order valence-electron chi connectivity index (χ2n) is 6.39. The summed E-state index contributed by atoms with van der Waals surface area (Å²) in [7, 11) is 1.61. The van der Waals surface area contributed by atoms with Crippen molar-refractivity contribution in [3.05, 3.63) is 65.2 Å². The highest BCUT2D eigenvalue weighted by atomic mass is 16.5. The Balaban J connectivity index is 2.34. The Morgan fingerprint density at radius 3 is 2.36 bits per heavy atom. The van der Waals surface area contributed by atoms with Crippen molar-refractivity contribution in [1.82, 2.24) is 5.32 Å². The molecule has 116 valence electrons. The highest BCUT2D eigenvalue weighted by molar-refractivity contribution is 5.96. The third-order valence-corrected chi connectivity index (χ3v) is 3.29. The van der Waals surface area contributed by atoms with E-state index in [1.807, 2.05) is 51.1 Å². The standard InChI is InChI=1S/C19H23NO2/c1-19(2,3)20-18(21)17-13-16(22-4)11-10-15(17)12-14-8-6-5-7-9-14/h5-11,13H,12H2,1-4H3,(H,20,21). The first kappa shape index (κ1) is 16.1. The van der Waals surface area contributed by atoms with E-state index in [9.17, 15) is 4.79 Å². The van der Waals surface area contributed by atoms with Gasteiger partial charge in [-0.15, -0.1) is 0 Å². The zero-order chi connectivity index (χ0) is 16.2. The van der Waals surface area contributed by atoms with Crippen molar-refractivity contribution in [3.8, 4) is 5.75 Å². The van der Waals surface area contributed by atoms with Gasteiger partial charge in [-0.05, 0) is 50.5 Å². The minimum atomic E-state index is -0.274. The number of carbonyl (C=O) groups excluding carboxylic acids is 1. The average molecular weight is 297 g/mol. The second-order valence-corrected chi connectivity index (χ2v) is 6.39. The van der Waals surface area contributed by atoms with Gasteiger partial charge < -0.3 is 10.1 Å². The average Bonchev–Trinajstić information content (AvgIpc) is 2.47. The first-order valence-electron chi connectivity index (χ1n) is 7.42. The molecule has 0 unspecified atom stereocenters. The van der Waals surface area contributed by atoms with Gasteiger partial charge in [-0.2, -0.15) is 0 Å². The monoisotopic (exact) mass is 297 g/mol. The summed E-state index contributed by atoms with van der Waals surface area (Å²) in [5.74, 6) is 0.619. The molecule has 0 saturated carbocycles. The maximum atomic E-state index is 12.6. The molecule has 0 spiro atoms. The lowest BCUT2D eigenvalue weighted by Gasteiger charge is -2.22. The molecule has 2 aromatic rings. The van der Waals surface area contributed by atoms with Crippen molar-refractivity contribution in [2.75, 3.05) is 7.11 Å². The topological polar surface area (TPSA) is 38.3 Å². The van der Waals surface area contributed by atoms with E-state index in [0.29, 0.717) is 11.3 Å². The fourth-order valence-electron chi connectivity index (χ4n) is 2.27. The summed E-state index contributed by atoms with van der Waals surface area (Å²) in [6.45, 7) is 5.92. The fraction of sp³-hybridized carbons (Fsp3) is 0.316. The molecule has 0 aromatic heterocycles. The van der Waals surface area contributed by atoms with Crippen LogP contribution in [0.25, 0.3) is 0 Å². The highest BCUT2D eigenvalue weighted by Crippen LogP contribution is 2.21. The molecular weight excluding hydrogens is 274 g/mol. The summed E-state index contributed by atoms with van der Waals surface area (Å²) in [6.07, 6.45) is 0.720. The van der Waals surface area contributed by atoms with Crippen molar-refractivity contribution in [2.24, 2.45) is 0 Å². The van der Waals surface area contributed by atoms with Crippen LogP contribution in [0.4, 0.5) is 0 Å². The van der Waals surface area contributed by atoms with Gasteiger partial charge in [-0.1, -0.05) is 36.4 Å². The summed E-state index contributed by atoms with van der Waals surface area (Å²) < 4.78 is 5.26. The molecule has 3 heteroatoms. The van der Waals surface area contributed by atoms with Crippen LogP contribution in [0.3, 0.4) is 0 Å². The van der Waals surface area contributed by atoms with Crippen LogP contribution in [-0.4, -0.2) is 18.6 Å². The number of benzene rings is 2. The van der Waals surface area contributed by atoms with E-state index in [-0.39, 0.29) is 11.4 Å². The van der Waals surface area contributed by atoms with E-state index in [1.54, 1.807) is 13.2 Å². The Bertz CT molecular complexity index is 642. The Hall–Kier alpha value is -2.29. The number of hydrogen-bond donors (Lipinski definition) is 1. The molecule has 1 amide bonds. The zero-order valence-corrected chi connectivity index (χ0v) is 13.6. The quantitative estimate of drug-likeness (QED) is 0.932. The van der Waals surface area contributed by atoms with E-state index >= 15 is 0 Å². The Morgan fingerprint density at radius 1 is 1.09 bits per heavy atom. The van der Waals surface area contributed by atoms with Gasteiger partial charge in [0.25, 0.3) is 5.91 Å². The Morgan fingerprint density at radius 2 is 1.77 bits per heavy atom. The molecule has 3 nitrogen and oxygen atoms in total. The van der Waals surface area contributed by atoms with Crippen LogP contribution in [0.5, 0.6) is 5.75 Å². The zero-order valence-electron chi connectivity index (χ0n) is 13.6. The number of amides is 1. The molecule has 0 aliphatic carbocycles. The lowest BCUT2D eigenvalue weighted by atomic mass is 9.98. The van der Waals surface area contributed by atoms with Crippen LogP contribution in [0.15, 0.2) is 48.5 Å². The van der Waals surface area contributed by atoms with Gasteiger partial charge >= 0.3 is 0 Å². The third kappa shape index (κ3) is 4.35. The molecule has 1 N–H and O–H groups in total. The van der Waals surface area contributed by atoms with Crippen molar-refractivity contribution in [3.63, 3.8) is 0 Å². The molecule has 0 atom stereocenters. The minimum Gasteiger partial charge on any atom is -0.497 e. The highest BCUT2D eigenvalue weighted by Gasteiger charge is 2.18. The molecule has 0 heterocycles. The predicted molar refractivity (Wildman–Crippen MR) is 89.5 cm³/mol. The molecule has 22 heavy (non-hydrogen) atoms. The van der Waals surface area contributed by atoms with Gasteiger partial charge in [0.2, 0.25) is 0 Å². The van der Waals surface area contributed by atoms with Crippen LogP contribution in [0.2, 0.25) is 0 Å². The first-order chi connectivity index (χ1) is 10.4. The van der Waals surface area contributed by atoms with Crippen molar-refractivity contribution >= 4 is 5.91 Å². The number of hydrogen-bond acceptors (Lipinski definition) is 2. The van der Waals surface area contributed by atoms with E-state index in [4.69, 9.17) is 4.74 Å². The number of carbonyl (C=O) groups is 1. The van der Waals surface area contributed by atoms with Crippen LogP contribution in [-0.2, 0) is 6.42 Å². The normalized spacial score (nSPS) is 11.1. The van der Waals surface area contributed by atoms with E-state index in [0.717, 1.165) is 12.0 Å². The molecule has 0 radical (unpaired) electrons. The molecule has 0 aliphatic heterocycles. The fourth-order valence-corrected chi connectivity index (χ4v) is 2.27. The molecular formula is C19H23NO2. The summed E-state index contributed by atoms with van der Waals surface area (Å²) in [6, 6.07) is 15.8. The molecule has 0 fully saturated rings. The molecule has 2 aromatic carbocycles. The maximum absolute atomic E-state index is 12.6. The summed E-state index contributed by atoms with van der Waals surface area (Å²) in [5.41, 5.74) is 2.56. The van der Waals surface area contributed by atoms with Gasteiger partial charge in [0.05, 0.1) is 7.11 Å².